The van der Waals surface area contributed by atoms with Gasteiger partial charge < -0.3 is 20.1 Å². The van der Waals surface area contributed by atoms with E-state index >= 15 is 0 Å². The van der Waals surface area contributed by atoms with Crippen molar-refractivity contribution in [1.82, 2.24) is 0 Å². The molecule has 4 heteroatoms. The predicted octanol–water partition coefficient (Wildman–Crippen LogP) is 1.32. The summed E-state index contributed by atoms with van der Waals surface area (Å²) < 4.78 is 6.06. The zero-order valence-corrected chi connectivity index (χ0v) is 13.7. The molecular weight excluding hydrogens is 280 g/mol. The Labute approximate surface area is 131 Å². The molecule has 4 aliphatic carbocycles. The summed E-state index contributed by atoms with van der Waals surface area (Å²) in [5.74, 6) is 2.02. The number of hydrogen-bond donors (Lipinski definition) is 3. The number of aliphatic hydroxyl groups excluding tert-OH is 3. The monoisotopic (exact) mass is 308 g/mol. The van der Waals surface area contributed by atoms with Crippen LogP contribution in [0.4, 0.5) is 0 Å². The van der Waals surface area contributed by atoms with Crippen LogP contribution in [-0.2, 0) is 4.74 Å². The minimum atomic E-state index is -0.574. The van der Waals surface area contributed by atoms with Gasteiger partial charge in [-0.1, -0.05) is 13.8 Å². The van der Waals surface area contributed by atoms with E-state index in [0.717, 1.165) is 19.3 Å². The van der Waals surface area contributed by atoms with Crippen LogP contribution in [0.3, 0.4) is 0 Å². The molecule has 2 spiro atoms. The first-order valence-electron chi connectivity index (χ1n) is 9.02. The van der Waals surface area contributed by atoms with Gasteiger partial charge in [0.1, 0.15) is 11.2 Å². The largest absolute Gasteiger partial charge is 0.392 e. The third kappa shape index (κ3) is 1.19. The second kappa shape index (κ2) is 3.74. The van der Waals surface area contributed by atoms with Crippen molar-refractivity contribution in [3.05, 3.63) is 0 Å². The quantitative estimate of drug-likeness (QED) is 0.590. The smallest absolute Gasteiger partial charge is 0.129 e. The molecule has 1 heterocycles. The maximum absolute atomic E-state index is 11.1. The first kappa shape index (κ1) is 14.2. The summed E-state index contributed by atoms with van der Waals surface area (Å²) in [5, 5.41) is 32.4. The predicted molar refractivity (Wildman–Crippen MR) is 79.9 cm³/mol. The van der Waals surface area contributed by atoms with Crippen LogP contribution < -0.4 is 0 Å². The van der Waals surface area contributed by atoms with Gasteiger partial charge in [-0.2, -0.15) is 0 Å². The molecule has 4 saturated carbocycles. The van der Waals surface area contributed by atoms with Gasteiger partial charge >= 0.3 is 0 Å². The summed E-state index contributed by atoms with van der Waals surface area (Å²) in [4.78, 5) is 0. The Balaban J connectivity index is 1.61. The van der Waals surface area contributed by atoms with E-state index in [-0.39, 0.29) is 17.4 Å². The Hall–Kier alpha value is -0.160. The summed E-state index contributed by atoms with van der Waals surface area (Å²) in [6, 6.07) is 0. The van der Waals surface area contributed by atoms with Crippen molar-refractivity contribution >= 4 is 0 Å². The van der Waals surface area contributed by atoms with Gasteiger partial charge in [-0.3, -0.25) is 0 Å². The fourth-order valence-electron chi connectivity index (χ4n) is 7.74. The molecule has 5 rings (SSSR count). The standard InChI is InChI=1S/C18H28O4/c1-8-6-17-7-14(20)18-12(5-13(19)16(18,3)22-18)9(2)11(17)4-10(8)15(17)21/h8-15,19-21H,4-7H2,1-3H3/t8?,9?,10-,11?,12-,13?,14?,15?,16?,17+,18?/m0/s1. The Morgan fingerprint density at radius 2 is 1.68 bits per heavy atom. The van der Waals surface area contributed by atoms with Gasteiger partial charge in [0.05, 0.1) is 18.3 Å². The molecule has 4 nitrogen and oxygen atoms in total. The van der Waals surface area contributed by atoms with Crippen LogP contribution in [0.2, 0.25) is 0 Å². The summed E-state index contributed by atoms with van der Waals surface area (Å²) in [7, 11) is 0. The lowest BCUT2D eigenvalue weighted by Crippen LogP contribution is -2.42. The second-order valence-electron chi connectivity index (χ2n) is 9.30. The molecule has 0 aromatic carbocycles. The molecule has 0 aromatic heterocycles. The third-order valence-electron chi connectivity index (χ3n) is 8.81. The molecule has 2 bridgehead atoms. The molecule has 5 fully saturated rings. The average Bonchev–Trinajstić information content (AvgIpc) is 2.85. The number of aliphatic hydroxyl groups is 3. The number of fused-ring (bicyclic) bond motifs is 1. The van der Waals surface area contributed by atoms with Crippen molar-refractivity contribution in [3.63, 3.8) is 0 Å². The zero-order valence-electron chi connectivity index (χ0n) is 13.7. The first-order chi connectivity index (χ1) is 10.3. The van der Waals surface area contributed by atoms with Crippen LogP contribution in [0, 0.1) is 35.0 Å². The van der Waals surface area contributed by atoms with E-state index in [9.17, 15) is 15.3 Å². The molecule has 124 valence electrons. The lowest BCUT2D eigenvalue weighted by atomic mass is 9.64. The molecule has 1 saturated heterocycles. The molecule has 5 aliphatic rings. The lowest BCUT2D eigenvalue weighted by Gasteiger charge is -2.41. The van der Waals surface area contributed by atoms with E-state index in [4.69, 9.17) is 4.74 Å². The lowest BCUT2D eigenvalue weighted by molar-refractivity contribution is -0.0198. The van der Waals surface area contributed by atoms with Crippen LogP contribution in [-0.4, -0.2) is 44.8 Å². The van der Waals surface area contributed by atoms with Crippen LogP contribution in [0.15, 0.2) is 0 Å². The maximum atomic E-state index is 11.1. The highest BCUT2D eigenvalue weighted by Gasteiger charge is 2.84. The van der Waals surface area contributed by atoms with Crippen molar-refractivity contribution in [2.75, 3.05) is 0 Å². The van der Waals surface area contributed by atoms with E-state index in [0.29, 0.717) is 30.1 Å². The third-order valence-corrected chi connectivity index (χ3v) is 8.81. The minimum Gasteiger partial charge on any atom is -0.392 e. The number of rotatable bonds is 0. The maximum Gasteiger partial charge on any atom is 0.129 e. The number of ether oxygens (including phenoxy) is 1. The number of hydrogen-bond acceptors (Lipinski definition) is 4. The van der Waals surface area contributed by atoms with E-state index in [1.54, 1.807) is 0 Å². The van der Waals surface area contributed by atoms with Gasteiger partial charge in [0.2, 0.25) is 0 Å². The van der Waals surface area contributed by atoms with Gasteiger partial charge in [0.25, 0.3) is 0 Å². The SMILES string of the molecule is CC1C[C@@]23CC(O)C45OC4(C)C(O)C[C@H]5C(C)C2C[C@@H]1C3O. The highest BCUT2D eigenvalue weighted by atomic mass is 16.7. The molecule has 1 aliphatic heterocycles. The van der Waals surface area contributed by atoms with Crippen molar-refractivity contribution in [2.24, 2.45) is 35.0 Å². The average molecular weight is 308 g/mol. The molecule has 0 aromatic rings. The van der Waals surface area contributed by atoms with Crippen molar-refractivity contribution < 1.29 is 20.1 Å². The van der Waals surface area contributed by atoms with Crippen molar-refractivity contribution in [3.8, 4) is 0 Å². The van der Waals surface area contributed by atoms with E-state index in [2.05, 4.69) is 13.8 Å². The minimum absolute atomic E-state index is 0.125. The summed E-state index contributed by atoms with van der Waals surface area (Å²) in [5.41, 5.74) is -1.26. The van der Waals surface area contributed by atoms with E-state index < -0.39 is 23.4 Å². The van der Waals surface area contributed by atoms with Gasteiger partial charge in [0, 0.05) is 5.41 Å². The molecule has 0 amide bonds. The van der Waals surface area contributed by atoms with Gasteiger partial charge in [-0.05, 0) is 62.2 Å². The summed E-state index contributed by atoms with van der Waals surface area (Å²) in [6.07, 6.45) is 2.19. The topological polar surface area (TPSA) is 73.2 Å². The van der Waals surface area contributed by atoms with Crippen LogP contribution >= 0.6 is 0 Å². The molecule has 22 heavy (non-hydrogen) atoms. The van der Waals surface area contributed by atoms with Gasteiger partial charge in [0.15, 0.2) is 0 Å². The van der Waals surface area contributed by atoms with Crippen LogP contribution in [0.25, 0.3) is 0 Å². The van der Waals surface area contributed by atoms with Crippen molar-refractivity contribution in [1.29, 1.82) is 0 Å². The molecule has 11 atom stereocenters. The van der Waals surface area contributed by atoms with E-state index in [1.165, 1.54) is 0 Å². The second-order valence-corrected chi connectivity index (χ2v) is 9.30. The first-order valence-corrected chi connectivity index (χ1v) is 9.02. The summed E-state index contributed by atoms with van der Waals surface area (Å²) >= 11 is 0. The number of epoxide rings is 1. The highest BCUT2D eigenvalue weighted by molar-refractivity contribution is 5.32. The van der Waals surface area contributed by atoms with Crippen molar-refractivity contribution in [2.45, 2.75) is 76.0 Å². The Kier molecular flexibility index (Phi) is 2.41. The molecule has 3 N–H and O–H groups in total. The zero-order chi connectivity index (χ0) is 15.7. The fourth-order valence-corrected chi connectivity index (χ4v) is 7.74. The van der Waals surface area contributed by atoms with E-state index in [1.807, 2.05) is 6.92 Å². The molecular formula is C18H28O4. The normalized spacial score (nSPS) is 71.7. The van der Waals surface area contributed by atoms with Crippen LogP contribution in [0.1, 0.15) is 46.5 Å². The molecule has 0 radical (unpaired) electrons. The highest BCUT2D eigenvalue weighted by Crippen LogP contribution is 2.74. The van der Waals surface area contributed by atoms with Crippen LogP contribution in [0.5, 0.6) is 0 Å². The van der Waals surface area contributed by atoms with Gasteiger partial charge in [-0.25, -0.2) is 0 Å². The molecule has 8 unspecified atom stereocenters. The van der Waals surface area contributed by atoms with Gasteiger partial charge in [-0.15, -0.1) is 0 Å². The Morgan fingerprint density at radius 1 is 0.955 bits per heavy atom. The Bertz CT molecular complexity index is 537. The Morgan fingerprint density at radius 3 is 2.32 bits per heavy atom. The fraction of sp³-hybridized carbons (Fsp3) is 1.00. The summed E-state index contributed by atoms with van der Waals surface area (Å²) in [6.45, 7) is 6.49.